The Morgan fingerprint density at radius 1 is 0.656 bits per heavy atom. The van der Waals surface area contributed by atoms with Gasteiger partial charge in [-0.3, -0.25) is 0 Å². The van der Waals surface area contributed by atoms with Crippen molar-refractivity contribution in [3.63, 3.8) is 0 Å². The molecule has 32 heavy (non-hydrogen) atoms. The van der Waals surface area contributed by atoms with Crippen molar-refractivity contribution in [1.29, 1.82) is 0 Å². The first-order valence-corrected chi connectivity index (χ1v) is 29.2. The molecule has 0 aromatic heterocycles. The van der Waals surface area contributed by atoms with Gasteiger partial charge in [-0.2, -0.15) is 22.2 Å². The fraction of sp³-hybridized carbons (Fsp3) is 0.889. The molecule has 0 saturated carbocycles. The summed E-state index contributed by atoms with van der Waals surface area (Å²) in [4.78, 5) is 0. The Morgan fingerprint density at radius 2 is 1.12 bits per heavy atom. The van der Waals surface area contributed by atoms with Gasteiger partial charge in [0.05, 0.1) is 0 Å². The molecule has 0 spiro atoms. The Kier molecular flexibility index (Phi) is 39.1. The number of hydrogen-bond acceptors (Lipinski definition) is 0. The summed E-state index contributed by atoms with van der Waals surface area (Å²) in [5, 5.41) is 0. The van der Waals surface area contributed by atoms with Crippen LogP contribution in [0.4, 0.5) is 0 Å². The second kappa shape index (κ2) is 27.5. The van der Waals surface area contributed by atoms with Crippen molar-refractivity contribution in [2.45, 2.75) is 104 Å². The van der Waals surface area contributed by atoms with Crippen LogP contribution < -0.4 is 0 Å². The van der Waals surface area contributed by atoms with E-state index in [0.29, 0.717) is 24.2 Å². The highest BCUT2D eigenvalue weighted by Crippen LogP contribution is 2.36. The lowest BCUT2D eigenvalue weighted by atomic mass is 10.2. The van der Waals surface area contributed by atoms with E-state index in [1.165, 1.54) is 38.5 Å². The van der Waals surface area contributed by atoms with Crippen molar-refractivity contribution >= 4 is 137 Å². The zero-order chi connectivity index (χ0) is 24.3. The topological polar surface area (TPSA) is 0 Å². The summed E-state index contributed by atoms with van der Waals surface area (Å²) < 4.78 is 0. The molecule has 0 atom stereocenters. The van der Waals surface area contributed by atoms with E-state index < -0.39 is 26.1 Å². The predicted octanol–water partition coefficient (Wildman–Crippen LogP) is 13.1. The second-order valence-electron chi connectivity index (χ2n) is 6.76. The monoisotopic (exact) mass is 720 g/mol. The quantitative estimate of drug-likeness (QED) is 0.0724. The second-order valence-corrected chi connectivity index (χ2v) is 38.1. The molecule has 0 heterocycles. The van der Waals surface area contributed by atoms with Gasteiger partial charge >= 0.3 is 12.0 Å². The van der Waals surface area contributed by atoms with Crippen molar-refractivity contribution in [2.24, 2.45) is 0 Å². The van der Waals surface area contributed by atoms with Crippen LogP contribution in [-0.4, -0.2) is 26.1 Å². The minimum absolute atomic E-state index is 0. The maximum atomic E-state index is 6.27. The molecular formula is C18H42Cl10Si4. The third kappa shape index (κ3) is 50.4. The van der Waals surface area contributed by atoms with Crippen LogP contribution in [0.25, 0.3) is 0 Å². The first-order chi connectivity index (χ1) is 13.6. The van der Waals surface area contributed by atoms with Crippen LogP contribution in [0.15, 0.2) is 12.7 Å². The molecular weight excluding hydrogens is 683 g/mol. The molecule has 0 radical (unpaired) electrons. The molecule has 0 rings (SSSR count). The van der Waals surface area contributed by atoms with Crippen LogP contribution in [0.2, 0.25) is 30.2 Å². The molecule has 0 aromatic carbocycles. The molecule has 200 valence electrons. The van der Waals surface area contributed by atoms with Gasteiger partial charge in [0.1, 0.15) is 0 Å². The van der Waals surface area contributed by atoms with Crippen LogP contribution >= 0.6 is 111 Å². The summed E-state index contributed by atoms with van der Waals surface area (Å²) in [6.07, 6.45) is 10.5. The number of hydrogen-bond donors (Lipinski definition) is 0. The Labute approximate surface area is 250 Å². The third-order valence-electron chi connectivity index (χ3n) is 3.58. The van der Waals surface area contributed by atoms with E-state index in [2.05, 4.69) is 20.4 Å². The van der Waals surface area contributed by atoms with E-state index in [4.69, 9.17) is 111 Å². The van der Waals surface area contributed by atoms with Crippen LogP contribution in [0.1, 0.15) is 73.6 Å². The van der Waals surface area contributed by atoms with E-state index >= 15 is 0 Å². The highest BCUT2D eigenvalue weighted by atomic mass is 35.8. The van der Waals surface area contributed by atoms with E-state index in [1.807, 2.05) is 6.08 Å². The minimum Gasteiger partial charge on any atom is -0.150 e. The van der Waals surface area contributed by atoms with Gasteiger partial charge < -0.3 is 0 Å². The van der Waals surface area contributed by atoms with Crippen LogP contribution in [0, 0.1) is 0 Å². The summed E-state index contributed by atoms with van der Waals surface area (Å²) in [7, 11) is -1.54. The van der Waals surface area contributed by atoms with Crippen LogP contribution in [0.5, 0.6) is 0 Å². The predicted molar refractivity (Wildman–Crippen MR) is 174 cm³/mol. The number of unbranched alkanes of at least 4 members (excludes halogenated alkanes) is 5. The lowest BCUT2D eigenvalue weighted by Gasteiger charge is -2.18. The van der Waals surface area contributed by atoms with Crippen molar-refractivity contribution in [3.8, 4) is 0 Å². The average Bonchev–Trinajstić information content (AvgIpc) is 2.60. The molecule has 0 aliphatic carbocycles. The molecule has 0 N–H and O–H groups in total. The summed E-state index contributed by atoms with van der Waals surface area (Å²) in [5.74, 6) is 0. The standard InChI is InChI=1S/C8H17Cl5Si2.C6H12.C2H5Cl5Si2.2CH4/c1-2-3-4-5-6-14(9,10)7-8-15(11,12)13;1-3-5-6-4-2;3-8(4)1-2-9(5,6)7;;/h2-8H2,1H3;3H,1,4-6H2,2H3;8H,1-2H2;2*1H4. The van der Waals surface area contributed by atoms with Gasteiger partial charge in [-0.05, 0) is 36.6 Å². The van der Waals surface area contributed by atoms with E-state index in [-0.39, 0.29) is 14.9 Å². The molecule has 0 nitrogen and oxygen atoms in total. The molecule has 0 bridgehead atoms. The molecule has 0 aliphatic rings. The Hall–Kier alpha value is 3.51. The zero-order valence-electron chi connectivity index (χ0n) is 17.6. The normalized spacial score (nSPS) is 11.3. The lowest BCUT2D eigenvalue weighted by molar-refractivity contribution is 0.698. The average molecular weight is 725 g/mol. The Bertz CT molecular complexity index is 389. The fourth-order valence-corrected chi connectivity index (χ4v) is 17.6. The fourth-order valence-electron chi connectivity index (χ4n) is 1.88. The van der Waals surface area contributed by atoms with Gasteiger partial charge in [-0.1, -0.05) is 73.3 Å². The SMILES string of the molecule is C.C.C=CCCCC.CCCCCC[Si](Cl)(Cl)CC[Si](Cl)(Cl)Cl.Cl[SiH](Cl)CC[Si](Cl)(Cl)Cl. The van der Waals surface area contributed by atoms with Gasteiger partial charge in [-0.15, -0.1) is 95.2 Å². The molecule has 0 amide bonds. The van der Waals surface area contributed by atoms with E-state index in [0.717, 1.165) is 12.5 Å². The van der Waals surface area contributed by atoms with Gasteiger partial charge in [-0.25, -0.2) is 0 Å². The summed E-state index contributed by atoms with van der Waals surface area (Å²) in [6.45, 7) is 5.83. The largest absolute Gasteiger partial charge is 0.341 e. The molecule has 0 unspecified atom stereocenters. The maximum absolute atomic E-state index is 6.27. The maximum Gasteiger partial charge on any atom is 0.341 e. The molecule has 0 fully saturated rings. The molecule has 0 saturated heterocycles. The first-order valence-electron chi connectivity index (χ1n) is 10.0. The third-order valence-corrected chi connectivity index (χ3v) is 16.1. The molecule has 0 aromatic rings. The number of rotatable bonds is 14. The minimum atomic E-state index is -2.54. The highest BCUT2D eigenvalue weighted by Gasteiger charge is 2.34. The van der Waals surface area contributed by atoms with Crippen molar-refractivity contribution < 1.29 is 0 Å². The van der Waals surface area contributed by atoms with Crippen molar-refractivity contribution in [3.05, 3.63) is 12.7 Å². The van der Waals surface area contributed by atoms with Gasteiger partial charge in [0.15, 0.2) is 0 Å². The summed E-state index contributed by atoms with van der Waals surface area (Å²) in [5.41, 5.74) is 0. The van der Waals surface area contributed by atoms with Crippen LogP contribution in [0.3, 0.4) is 0 Å². The Balaban J connectivity index is -0.000000123. The Morgan fingerprint density at radius 3 is 1.41 bits per heavy atom. The van der Waals surface area contributed by atoms with E-state index in [9.17, 15) is 0 Å². The van der Waals surface area contributed by atoms with Crippen LogP contribution in [-0.2, 0) is 0 Å². The lowest BCUT2D eigenvalue weighted by Crippen LogP contribution is -2.22. The molecule has 14 heteroatoms. The highest BCUT2D eigenvalue weighted by molar-refractivity contribution is 7.65. The molecule has 0 aliphatic heterocycles. The summed E-state index contributed by atoms with van der Waals surface area (Å²) in [6, 6.07) is -1.47. The first kappa shape index (κ1) is 45.4. The van der Waals surface area contributed by atoms with Crippen molar-refractivity contribution in [1.82, 2.24) is 0 Å². The van der Waals surface area contributed by atoms with Crippen molar-refractivity contribution in [2.75, 3.05) is 0 Å². The number of halogens is 10. The van der Waals surface area contributed by atoms with Gasteiger partial charge in [0.25, 0.3) is 6.69 Å². The van der Waals surface area contributed by atoms with Gasteiger partial charge in [0, 0.05) is 0 Å². The summed E-state index contributed by atoms with van der Waals surface area (Å²) >= 11 is 57.7. The zero-order valence-corrected chi connectivity index (χ0v) is 29.3. The van der Waals surface area contributed by atoms with Gasteiger partial charge in [0.2, 0.25) is 7.42 Å². The smallest absolute Gasteiger partial charge is 0.150 e. The number of allylic oxidation sites excluding steroid dienone is 1. The van der Waals surface area contributed by atoms with E-state index in [1.54, 1.807) is 0 Å².